The summed E-state index contributed by atoms with van der Waals surface area (Å²) in [4.78, 5) is 17.9. The first-order valence-corrected chi connectivity index (χ1v) is 7.08. The van der Waals surface area contributed by atoms with Gasteiger partial charge in [0.25, 0.3) is 0 Å². The first kappa shape index (κ1) is 12.1. The van der Waals surface area contributed by atoms with Crippen LogP contribution in [0.5, 0.6) is 0 Å². The van der Waals surface area contributed by atoms with E-state index < -0.39 is 0 Å². The van der Waals surface area contributed by atoms with Gasteiger partial charge in [0.1, 0.15) is 0 Å². The van der Waals surface area contributed by atoms with E-state index in [4.69, 9.17) is 0 Å². The van der Waals surface area contributed by atoms with Crippen molar-refractivity contribution in [1.82, 2.24) is 4.98 Å². The van der Waals surface area contributed by atoms with Gasteiger partial charge in [-0.25, -0.2) is 0 Å². The number of hydrogen-bond donors (Lipinski definition) is 0. The van der Waals surface area contributed by atoms with Crippen LogP contribution in [0.3, 0.4) is 0 Å². The Morgan fingerprint density at radius 1 is 1.21 bits per heavy atom. The van der Waals surface area contributed by atoms with E-state index in [-0.39, 0.29) is 5.78 Å². The number of rotatable bonds is 3. The summed E-state index contributed by atoms with van der Waals surface area (Å²) in [7, 11) is 0. The molecule has 0 amide bonds. The molecule has 0 aliphatic heterocycles. The number of fused-ring (bicyclic) bond motifs is 1. The minimum atomic E-state index is 0.207. The van der Waals surface area contributed by atoms with Crippen molar-refractivity contribution in [2.75, 3.05) is 0 Å². The Morgan fingerprint density at radius 3 is 2.95 bits per heavy atom. The average molecular weight is 267 g/mol. The number of hydrogen-bond acceptors (Lipinski definition) is 3. The van der Waals surface area contributed by atoms with Gasteiger partial charge in [0.15, 0.2) is 5.78 Å². The lowest BCUT2D eigenvalue weighted by molar-refractivity contribution is 0.0992. The molecule has 19 heavy (non-hydrogen) atoms. The second-order valence-electron chi connectivity index (χ2n) is 4.35. The maximum Gasteiger partial charge on any atom is 0.172 e. The maximum absolute atomic E-state index is 11.7. The predicted octanol–water partition coefficient (Wildman–Crippen LogP) is 4.56. The fraction of sp³-hybridized carbons (Fsp3) is 0.125. The van der Waals surface area contributed by atoms with Crippen LogP contribution >= 0.6 is 11.3 Å². The van der Waals surface area contributed by atoms with E-state index >= 15 is 0 Å². The molecule has 3 rings (SSSR count). The maximum atomic E-state index is 11.7. The van der Waals surface area contributed by atoms with Crippen LogP contribution in [-0.2, 0) is 0 Å². The molecule has 0 aliphatic rings. The van der Waals surface area contributed by atoms with Crippen molar-refractivity contribution in [3.8, 4) is 10.4 Å². The number of carbonyl (C=O) groups excluding carboxylic acids is 1. The molecule has 94 valence electrons. The molecule has 3 heteroatoms. The van der Waals surface area contributed by atoms with Crippen molar-refractivity contribution >= 4 is 28.0 Å². The standard InChI is InChI=1S/C16H13NOS/c1-2-14(18)16-8-7-15(19-16)12-5-6-13-11(10-12)4-3-9-17-13/h3-10H,2H2,1H3. The Kier molecular flexibility index (Phi) is 3.13. The minimum absolute atomic E-state index is 0.207. The van der Waals surface area contributed by atoms with Crippen LogP contribution in [-0.4, -0.2) is 10.8 Å². The van der Waals surface area contributed by atoms with E-state index in [0.717, 1.165) is 26.2 Å². The van der Waals surface area contributed by atoms with E-state index in [0.29, 0.717) is 6.42 Å². The summed E-state index contributed by atoms with van der Waals surface area (Å²) >= 11 is 1.56. The van der Waals surface area contributed by atoms with Gasteiger partial charge in [0, 0.05) is 22.9 Å². The highest BCUT2D eigenvalue weighted by atomic mass is 32.1. The number of carbonyl (C=O) groups is 1. The molecule has 3 aromatic rings. The molecule has 0 radical (unpaired) electrons. The Labute approximate surface area is 115 Å². The molecule has 2 nitrogen and oxygen atoms in total. The quantitative estimate of drug-likeness (QED) is 0.651. The number of nitrogens with zero attached hydrogens (tertiary/aromatic N) is 1. The average Bonchev–Trinajstić information content (AvgIpc) is 2.95. The number of benzene rings is 1. The Morgan fingerprint density at radius 2 is 2.11 bits per heavy atom. The zero-order valence-corrected chi connectivity index (χ0v) is 11.4. The summed E-state index contributed by atoms with van der Waals surface area (Å²) < 4.78 is 0. The lowest BCUT2D eigenvalue weighted by Gasteiger charge is -2.00. The topological polar surface area (TPSA) is 30.0 Å². The normalized spacial score (nSPS) is 10.8. The second-order valence-corrected chi connectivity index (χ2v) is 5.44. The van der Waals surface area contributed by atoms with Gasteiger partial charge in [-0.15, -0.1) is 11.3 Å². The molecule has 2 heterocycles. The van der Waals surface area contributed by atoms with Crippen molar-refractivity contribution in [3.05, 3.63) is 53.5 Å². The number of Topliss-reactive ketones (excluding diaryl/α,β-unsaturated/α-hetero) is 1. The van der Waals surface area contributed by atoms with E-state index in [1.165, 1.54) is 0 Å². The van der Waals surface area contributed by atoms with E-state index in [1.807, 2.05) is 31.2 Å². The van der Waals surface area contributed by atoms with Gasteiger partial charge in [-0.1, -0.05) is 19.1 Å². The number of thiophene rings is 1. The molecule has 0 unspecified atom stereocenters. The lowest BCUT2D eigenvalue weighted by atomic mass is 10.1. The Bertz CT molecular complexity index is 745. The smallest absolute Gasteiger partial charge is 0.172 e. The molecule has 0 fully saturated rings. The third-order valence-electron chi connectivity index (χ3n) is 3.09. The molecule has 0 N–H and O–H groups in total. The van der Waals surface area contributed by atoms with E-state index in [1.54, 1.807) is 17.5 Å². The van der Waals surface area contributed by atoms with Crippen LogP contribution in [0.15, 0.2) is 48.7 Å². The molecular weight excluding hydrogens is 254 g/mol. The highest BCUT2D eigenvalue weighted by molar-refractivity contribution is 7.17. The summed E-state index contributed by atoms with van der Waals surface area (Å²) in [6.07, 6.45) is 2.35. The molecule has 1 aromatic carbocycles. The predicted molar refractivity (Wildman–Crippen MR) is 79.7 cm³/mol. The minimum Gasteiger partial charge on any atom is -0.293 e. The molecule has 0 spiro atoms. The van der Waals surface area contributed by atoms with Gasteiger partial charge in [-0.05, 0) is 35.9 Å². The number of pyridine rings is 1. The summed E-state index contributed by atoms with van der Waals surface area (Å²) in [6, 6.07) is 14.1. The van der Waals surface area contributed by atoms with Crippen molar-refractivity contribution in [3.63, 3.8) is 0 Å². The van der Waals surface area contributed by atoms with Gasteiger partial charge in [-0.3, -0.25) is 9.78 Å². The van der Waals surface area contributed by atoms with E-state index in [2.05, 4.69) is 23.2 Å². The summed E-state index contributed by atoms with van der Waals surface area (Å²) in [5.74, 6) is 0.207. The molecule has 0 saturated heterocycles. The van der Waals surface area contributed by atoms with Crippen LogP contribution in [0, 0.1) is 0 Å². The number of ketones is 1. The Balaban J connectivity index is 2.04. The van der Waals surface area contributed by atoms with Crippen molar-refractivity contribution in [1.29, 1.82) is 0 Å². The molecule has 2 aromatic heterocycles. The first-order chi connectivity index (χ1) is 9.28. The van der Waals surface area contributed by atoms with Crippen molar-refractivity contribution < 1.29 is 4.79 Å². The third kappa shape index (κ3) is 2.29. The van der Waals surface area contributed by atoms with Gasteiger partial charge in [0.05, 0.1) is 10.4 Å². The monoisotopic (exact) mass is 267 g/mol. The van der Waals surface area contributed by atoms with Crippen LogP contribution < -0.4 is 0 Å². The van der Waals surface area contributed by atoms with Crippen molar-refractivity contribution in [2.24, 2.45) is 0 Å². The first-order valence-electron chi connectivity index (χ1n) is 6.26. The van der Waals surface area contributed by atoms with E-state index in [9.17, 15) is 4.79 Å². The lowest BCUT2D eigenvalue weighted by Crippen LogP contribution is -1.90. The van der Waals surface area contributed by atoms with Gasteiger partial charge in [-0.2, -0.15) is 0 Å². The zero-order valence-electron chi connectivity index (χ0n) is 10.6. The van der Waals surface area contributed by atoms with Crippen LogP contribution in [0.1, 0.15) is 23.0 Å². The van der Waals surface area contributed by atoms with Gasteiger partial charge >= 0.3 is 0 Å². The molecule has 0 aliphatic carbocycles. The fourth-order valence-electron chi connectivity index (χ4n) is 2.05. The molecule has 0 atom stereocenters. The van der Waals surface area contributed by atoms with Gasteiger partial charge < -0.3 is 0 Å². The second kappa shape index (κ2) is 4.94. The molecular formula is C16H13NOS. The molecule has 0 saturated carbocycles. The van der Waals surface area contributed by atoms with Crippen molar-refractivity contribution in [2.45, 2.75) is 13.3 Å². The SMILES string of the molecule is CCC(=O)c1ccc(-c2ccc3ncccc3c2)s1. The highest BCUT2D eigenvalue weighted by Gasteiger charge is 2.08. The zero-order chi connectivity index (χ0) is 13.2. The largest absolute Gasteiger partial charge is 0.293 e. The number of aromatic nitrogens is 1. The summed E-state index contributed by atoms with van der Waals surface area (Å²) in [6.45, 7) is 1.89. The summed E-state index contributed by atoms with van der Waals surface area (Å²) in [5.41, 5.74) is 2.13. The van der Waals surface area contributed by atoms with Crippen LogP contribution in [0.2, 0.25) is 0 Å². The highest BCUT2D eigenvalue weighted by Crippen LogP contribution is 2.30. The molecule has 0 bridgehead atoms. The van der Waals surface area contributed by atoms with Crippen LogP contribution in [0.25, 0.3) is 21.3 Å². The fourth-order valence-corrected chi connectivity index (χ4v) is 3.06. The van der Waals surface area contributed by atoms with Gasteiger partial charge in [0.2, 0.25) is 0 Å². The van der Waals surface area contributed by atoms with Crippen LogP contribution in [0.4, 0.5) is 0 Å². The Hall–Kier alpha value is -2.00. The third-order valence-corrected chi connectivity index (χ3v) is 4.26. The summed E-state index contributed by atoms with van der Waals surface area (Å²) in [5, 5.41) is 1.12.